The molecule has 1 aliphatic carbocycles. The summed E-state index contributed by atoms with van der Waals surface area (Å²) in [6.45, 7) is 0. The fraction of sp³-hybridized carbons (Fsp3) is 0.150. The summed E-state index contributed by atoms with van der Waals surface area (Å²) in [5.74, 6) is -1.37. The monoisotopic (exact) mass is 332 g/mol. The number of carbonyl (C=O) groups is 2. The van der Waals surface area contributed by atoms with E-state index in [1.165, 1.54) is 0 Å². The predicted molar refractivity (Wildman–Crippen MR) is 92.3 cm³/mol. The third-order valence-corrected chi connectivity index (χ3v) is 4.08. The van der Waals surface area contributed by atoms with Gasteiger partial charge in [0.05, 0.1) is 17.2 Å². The lowest BCUT2D eigenvalue weighted by Gasteiger charge is -2.16. The lowest BCUT2D eigenvalue weighted by molar-refractivity contribution is -0.127. The van der Waals surface area contributed by atoms with Gasteiger partial charge in [0.25, 0.3) is 5.91 Å². The molecule has 0 heterocycles. The minimum Gasteiger partial charge on any atom is -0.444 e. The number of allylic oxidation sites excluding steroid dienone is 1. The lowest BCUT2D eigenvalue weighted by Crippen LogP contribution is -2.26. The van der Waals surface area contributed by atoms with Crippen molar-refractivity contribution in [3.8, 4) is 6.07 Å². The van der Waals surface area contributed by atoms with Gasteiger partial charge in [-0.1, -0.05) is 30.4 Å². The Morgan fingerprint density at radius 2 is 1.92 bits per heavy atom. The highest BCUT2D eigenvalue weighted by Crippen LogP contribution is 2.23. The van der Waals surface area contributed by atoms with Gasteiger partial charge in [-0.15, -0.1) is 0 Å². The minimum atomic E-state index is -1.20. The van der Waals surface area contributed by atoms with Gasteiger partial charge in [-0.25, -0.2) is 4.79 Å². The first-order valence-corrected chi connectivity index (χ1v) is 7.88. The second-order valence-electron chi connectivity index (χ2n) is 5.78. The van der Waals surface area contributed by atoms with Crippen molar-refractivity contribution < 1.29 is 14.3 Å². The molecule has 0 saturated carbocycles. The van der Waals surface area contributed by atoms with Crippen molar-refractivity contribution in [1.29, 1.82) is 5.26 Å². The number of amides is 1. The fourth-order valence-corrected chi connectivity index (χ4v) is 2.76. The van der Waals surface area contributed by atoms with Crippen LogP contribution in [-0.4, -0.2) is 11.9 Å². The minimum absolute atomic E-state index is 0.383. The van der Waals surface area contributed by atoms with E-state index in [-0.39, 0.29) is 0 Å². The van der Waals surface area contributed by atoms with Crippen LogP contribution >= 0.6 is 0 Å². The topological polar surface area (TPSA) is 93.2 Å². The first kappa shape index (κ1) is 16.5. The Morgan fingerprint density at radius 3 is 2.60 bits per heavy atom. The van der Waals surface area contributed by atoms with Crippen molar-refractivity contribution in [2.75, 3.05) is 0 Å². The Hall–Kier alpha value is -3.39. The molecule has 0 aromatic heterocycles. The second kappa shape index (κ2) is 7.02. The Balaban J connectivity index is 1.82. The molecular weight excluding hydrogens is 316 g/mol. The maximum Gasteiger partial charge on any atom is 0.339 e. The van der Waals surface area contributed by atoms with Gasteiger partial charge in [0.15, 0.2) is 0 Å². The molecule has 0 spiro atoms. The Labute approximate surface area is 145 Å². The molecule has 5 heteroatoms. The second-order valence-corrected chi connectivity index (χ2v) is 5.78. The van der Waals surface area contributed by atoms with Gasteiger partial charge < -0.3 is 10.5 Å². The number of nitrogens with zero attached hydrogens (tertiary/aromatic N) is 1. The van der Waals surface area contributed by atoms with E-state index in [2.05, 4.69) is 6.08 Å². The van der Waals surface area contributed by atoms with Crippen LogP contribution in [0.3, 0.4) is 0 Å². The normalized spacial score (nSPS) is 13.4. The molecule has 0 saturated heterocycles. The number of rotatable bonds is 4. The number of nitrogens with two attached hydrogens (primary N) is 1. The molecule has 1 unspecified atom stereocenters. The van der Waals surface area contributed by atoms with Gasteiger partial charge in [0.1, 0.15) is 0 Å². The van der Waals surface area contributed by atoms with Crippen molar-refractivity contribution in [2.45, 2.75) is 18.9 Å². The van der Waals surface area contributed by atoms with Crippen molar-refractivity contribution >= 4 is 18.0 Å². The average Bonchev–Trinajstić information content (AvgIpc) is 2.65. The summed E-state index contributed by atoms with van der Waals surface area (Å²) in [5.41, 5.74) is 8.81. The van der Waals surface area contributed by atoms with Crippen LogP contribution in [0.1, 0.15) is 45.1 Å². The molecule has 25 heavy (non-hydrogen) atoms. The van der Waals surface area contributed by atoms with Crippen molar-refractivity contribution in [2.24, 2.45) is 5.73 Å². The highest BCUT2D eigenvalue weighted by atomic mass is 16.5. The van der Waals surface area contributed by atoms with Gasteiger partial charge in [-0.2, -0.15) is 5.26 Å². The Bertz CT molecular complexity index is 892. The van der Waals surface area contributed by atoms with Gasteiger partial charge in [-0.3, -0.25) is 4.79 Å². The van der Waals surface area contributed by atoms with Crippen LogP contribution < -0.4 is 5.73 Å². The highest BCUT2D eigenvalue weighted by molar-refractivity contribution is 5.93. The number of fused-ring (bicyclic) bond motifs is 1. The lowest BCUT2D eigenvalue weighted by atomic mass is 9.95. The van der Waals surface area contributed by atoms with E-state index >= 15 is 0 Å². The number of hydrogen-bond acceptors (Lipinski definition) is 4. The number of ether oxygens (including phenoxy) is 1. The number of carbonyl (C=O) groups excluding carboxylic acids is 2. The molecule has 124 valence electrons. The third kappa shape index (κ3) is 3.59. The third-order valence-electron chi connectivity index (χ3n) is 4.08. The van der Waals surface area contributed by atoms with E-state index in [0.717, 1.165) is 24.0 Å². The molecule has 2 aromatic rings. The molecule has 1 amide bonds. The van der Waals surface area contributed by atoms with Crippen molar-refractivity contribution in [3.05, 3.63) is 76.4 Å². The number of esters is 1. The van der Waals surface area contributed by atoms with Crippen LogP contribution in [0.15, 0.2) is 48.5 Å². The van der Waals surface area contributed by atoms with Crippen molar-refractivity contribution in [1.82, 2.24) is 0 Å². The first-order valence-electron chi connectivity index (χ1n) is 7.88. The molecule has 1 atom stereocenters. The van der Waals surface area contributed by atoms with Crippen LogP contribution in [0.5, 0.6) is 0 Å². The first-order chi connectivity index (χ1) is 12.1. The molecule has 0 aliphatic heterocycles. The molecule has 5 nitrogen and oxygen atoms in total. The largest absolute Gasteiger partial charge is 0.444 e. The summed E-state index contributed by atoms with van der Waals surface area (Å²) >= 11 is 0. The van der Waals surface area contributed by atoms with Crippen LogP contribution in [0.4, 0.5) is 0 Å². The average molecular weight is 332 g/mol. The molecule has 0 bridgehead atoms. The summed E-state index contributed by atoms with van der Waals surface area (Å²) in [4.78, 5) is 24.2. The zero-order chi connectivity index (χ0) is 17.8. The van der Waals surface area contributed by atoms with Gasteiger partial charge in [0, 0.05) is 5.56 Å². The highest BCUT2D eigenvalue weighted by Gasteiger charge is 2.24. The number of aryl methyl sites for hydroxylation is 1. The Kier molecular flexibility index (Phi) is 4.62. The van der Waals surface area contributed by atoms with Crippen molar-refractivity contribution in [3.63, 3.8) is 0 Å². The molecule has 0 fully saturated rings. The standard InChI is InChI=1S/C20H16N2O3/c21-12-13-5-7-15(8-6-13)18(19(22)23)25-20(24)17-10-9-14-3-1-2-4-16(14)11-17/h1,3,5-11,18H,2,4H2,(H2,22,23). The van der Waals surface area contributed by atoms with E-state index in [0.29, 0.717) is 16.7 Å². The molecule has 0 radical (unpaired) electrons. The summed E-state index contributed by atoms with van der Waals surface area (Å²) in [6, 6.07) is 13.5. The SMILES string of the molecule is N#Cc1ccc(C(OC(=O)c2ccc3c(c2)CCC=C3)C(N)=O)cc1. The summed E-state index contributed by atoms with van der Waals surface area (Å²) in [7, 11) is 0. The van der Waals surface area contributed by atoms with Gasteiger partial charge in [-0.05, 0) is 48.2 Å². The molecule has 1 aliphatic rings. The summed E-state index contributed by atoms with van der Waals surface area (Å²) < 4.78 is 5.33. The van der Waals surface area contributed by atoms with Gasteiger partial charge >= 0.3 is 5.97 Å². The van der Waals surface area contributed by atoms with Crippen LogP contribution in [0, 0.1) is 11.3 Å². The van der Waals surface area contributed by atoms with Crippen LogP contribution in [0.25, 0.3) is 6.08 Å². The summed E-state index contributed by atoms with van der Waals surface area (Å²) in [5, 5.41) is 8.84. The van der Waals surface area contributed by atoms with E-state index < -0.39 is 18.0 Å². The Morgan fingerprint density at radius 1 is 1.16 bits per heavy atom. The maximum atomic E-state index is 12.4. The van der Waals surface area contributed by atoms with Gasteiger partial charge in [0.2, 0.25) is 6.10 Å². The quantitative estimate of drug-likeness (QED) is 0.871. The van der Waals surface area contributed by atoms with E-state index in [4.69, 9.17) is 15.7 Å². The summed E-state index contributed by atoms with van der Waals surface area (Å²) in [6.07, 6.45) is 4.71. The predicted octanol–water partition coefficient (Wildman–Crippen LogP) is 2.90. The number of primary amides is 1. The number of hydrogen-bond donors (Lipinski definition) is 1. The molecule has 3 rings (SSSR count). The molecule has 2 aromatic carbocycles. The smallest absolute Gasteiger partial charge is 0.339 e. The molecular formula is C20H16N2O3. The van der Waals surface area contributed by atoms with E-state index in [1.807, 2.05) is 18.2 Å². The zero-order valence-electron chi connectivity index (χ0n) is 13.4. The fourth-order valence-electron chi connectivity index (χ4n) is 2.76. The molecule has 2 N–H and O–H groups in total. The van der Waals surface area contributed by atoms with Crippen LogP contribution in [0.2, 0.25) is 0 Å². The maximum absolute atomic E-state index is 12.4. The van der Waals surface area contributed by atoms with Crippen LogP contribution in [-0.2, 0) is 16.0 Å². The van der Waals surface area contributed by atoms with E-state index in [9.17, 15) is 9.59 Å². The number of benzene rings is 2. The number of nitriles is 1. The van der Waals surface area contributed by atoms with E-state index in [1.54, 1.807) is 36.4 Å². The zero-order valence-corrected chi connectivity index (χ0v) is 13.4.